The largest absolute Gasteiger partial charge is 0.384 e. The molecule has 0 bridgehead atoms. The van der Waals surface area contributed by atoms with Crippen LogP contribution in [0.1, 0.15) is 80.5 Å². The third kappa shape index (κ3) is 4.51. The van der Waals surface area contributed by atoms with Gasteiger partial charge in [0.25, 0.3) is 0 Å². The summed E-state index contributed by atoms with van der Waals surface area (Å²) < 4.78 is 30.9. The number of likely N-dealkylation sites (tertiary alicyclic amines) is 1. The van der Waals surface area contributed by atoms with Crippen LogP contribution in [0.5, 0.6) is 0 Å². The third-order valence-corrected chi connectivity index (χ3v) is 9.46. The van der Waals surface area contributed by atoms with Crippen LogP contribution in [-0.4, -0.2) is 39.9 Å². The highest BCUT2D eigenvalue weighted by Crippen LogP contribution is 2.48. The Bertz CT molecular complexity index is 1480. The Morgan fingerprint density at radius 3 is 2.50 bits per heavy atom. The van der Waals surface area contributed by atoms with Gasteiger partial charge < -0.3 is 5.11 Å². The van der Waals surface area contributed by atoms with Crippen molar-refractivity contribution < 1.29 is 23.5 Å². The van der Waals surface area contributed by atoms with Crippen molar-refractivity contribution in [3.63, 3.8) is 0 Å². The average Bonchev–Trinajstić information content (AvgIpc) is 2.90. The smallest absolute Gasteiger partial charge is 0.234 e. The van der Waals surface area contributed by atoms with Crippen molar-refractivity contribution in [1.29, 1.82) is 0 Å². The number of nitrogens with one attached hydrogen (secondary N) is 1. The SMILES string of the molecule is CC1(C)CN(Cc2ccc(C3(F)CCC3)cc2)CCC1(O)c1ccc2ncc(C3CCC(=O)NC3=O)cc2c1F. The predicted molar refractivity (Wildman–Crippen MR) is 147 cm³/mol. The van der Waals surface area contributed by atoms with Crippen LogP contribution in [0, 0.1) is 11.2 Å². The molecule has 3 aliphatic rings. The zero-order valence-electron chi connectivity index (χ0n) is 23.0. The number of alkyl halides is 1. The number of aliphatic hydroxyl groups is 1. The molecule has 3 heterocycles. The fourth-order valence-corrected chi connectivity index (χ4v) is 6.71. The van der Waals surface area contributed by atoms with E-state index in [0.717, 1.165) is 17.5 Å². The number of carbonyl (C=O) groups excluding carboxylic acids is 2. The van der Waals surface area contributed by atoms with E-state index in [-0.39, 0.29) is 23.3 Å². The lowest BCUT2D eigenvalue weighted by Gasteiger charge is -2.50. The van der Waals surface area contributed by atoms with Gasteiger partial charge in [0, 0.05) is 48.6 Å². The number of hydrogen-bond acceptors (Lipinski definition) is 5. The Morgan fingerprint density at radius 2 is 1.85 bits per heavy atom. The van der Waals surface area contributed by atoms with Gasteiger partial charge in [0.1, 0.15) is 11.5 Å². The number of fused-ring (bicyclic) bond motifs is 1. The first kappa shape index (κ1) is 27.0. The minimum atomic E-state index is -1.42. The summed E-state index contributed by atoms with van der Waals surface area (Å²) in [4.78, 5) is 30.6. The van der Waals surface area contributed by atoms with Gasteiger partial charge in [0.05, 0.1) is 17.0 Å². The maximum Gasteiger partial charge on any atom is 0.234 e. The van der Waals surface area contributed by atoms with Gasteiger partial charge in [-0.2, -0.15) is 0 Å². The van der Waals surface area contributed by atoms with Crippen LogP contribution in [0.2, 0.25) is 0 Å². The molecular weight excluding hydrogens is 512 g/mol. The van der Waals surface area contributed by atoms with Gasteiger partial charge in [-0.05, 0) is 60.9 Å². The van der Waals surface area contributed by atoms with Crippen molar-refractivity contribution >= 4 is 22.7 Å². The normalized spacial score (nSPS) is 26.4. The van der Waals surface area contributed by atoms with Gasteiger partial charge in [0.15, 0.2) is 0 Å². The van der Waals surface area contributed by atoms with E-state index in [9.17, 15) is 19.1 Å². The highest BCUT2D eigenvalue weighted by molar-refractivity contribution is 6.01. The summed E-state index contributed by atoms with van der Waals surface area (Å²) in [7, 11) is 0. The molecule has 0 radical (unpaired) electrons. The molecule has 2 N–H and O–H groups in total. The Kier molecular flexibility index (Phi) is 6.54. The second kappa shape index (κ2) is 9.70. The summed E-state index contributed by atoms with van der Waals surface area (Å²) in [5.74, 6) is -1.81. The number of hydrogen-bond donors (Lipinski definition) is 2. The summed E-state index contributed by atoms with van der Waals surface area (Å²) in [6, 6.07) is 12.7. The fourth-order valence-electron chi connectivity index (χ4n) is 6.71. The summed E-state index contributed by atoms with van der Waals surface area (Å²) in [5.41, 5.74) is -0.220. The molecular formula is C32H35F2N3O3. The van der Waals surface area contributed by atoms with Gasteiger partial charge in [0.2, 0.25) is 11.8 Å². The number of amides is 2. The number of rotatable bonds is 5. The molecule has 2 aliphatic heterocycles. The van der Waals surface area contributed by atoms with E-state index >= 15 is 4.39 Å². The topological polar surface area (TPSA) is 82.5 Å². The molecule has 2 amide bonds. The number of piperidine rings is 2. The number of halogens is 2. The van der Waals surface area contributed by atoms with E-state index in [1.807, 2.05) is 38.1 Å². The molecule has 1 aromatic heterocycles. The Morgan fingerprint density at radius 1 is 1.10 bits per heavy atom. The highest BCUT2D eigenvalue weighted by Gasteiger charge is 2.50. The van der Waals surface area contributed by atoms with Gasteiger partial charge >= 0.3 is 0 Å². The van der Waals surface area contributed by atoms with Crippen molar-refractivity contribution in [2.24, 2.45) is 5.41 Å². The van der Waals surface area contributed by atoms with E-state index in [1.165, 1.54) is 0 Å². The van der Waals surface area contributed by atoms with Crippen molar-refractivity contribution in [1.82, 2.24) is 15.2 Å². The van der Waals surface area contributed by atoms with Gasteiger partial charge in [-0.3, -0.25) is 24.8 Å². The van der Waals surface area contributed by atoms with Gasteiger partial charge in [-0.15, -0.1) is 0 Å². The number of nitrogens with zero attached hydrogens (tertiary/aromatic N) is 2. The molecule has 6 nitrogen and oxygen atoms in total. The van der Waals surface area contributed by atoms with Gasteiger partial charge in [-0.25, -0.2) is 8.78 Å². The van der Waals surface area contributed by atoms with E-state index < -0.39 is 34.3 Å². The van der Waals surface area contributed by atoms with Crippen LogP contribution in [0.3, 0.4) is 0 Å². The second-order valence-electron chi connectivity index (χ2n) is 12.5. The van der Waals surface area contributed by atoms with E-state index in [0.29, 0.717) is 56.4 Å². The number of pyridine rings is 1. The maximum atomic E-state index is 16.2. The van der Waals surface area contributed by atoms with Crippen molar-refractivity contribution in [2.75, 3.05) is 13.1 Å². The van der Waals surface area contributed by atoms with Crippen LogP contribution in [-0.2, 0) is 27.4 Å². The van der Waals surface area contributed by atoms with Gasteiger partial charge in [-0.1, -0.05) is 44.2 Å². The molecule has 6 rings (SSSR count). The molecule has 1 saturated carbocycles. The van der Waals surface area contributed by atoms with Crippen LogP contribution in [0.15, 0.2) is 48.7 Å². The monoisotopic (exact) mass is 547 g/mol. The first-order valence-electron chi connectivity index (χ1n) is 14.1. The maximum absolute atomic E-state index is 16.2. The molecule has 2 unspecified atom stereocenters. The Balaban J connectivity index is 1.23. The Hall–Kier alpha value is -3.23. The molecule has 3 aromatic rings. The lowest BCUT2D eigenvalue weighted by atomic mass is 9.66. The Labute approximate surface area is 232 Å². The molecule has 210 valence electrons. The zero-order chi connectivity index (χ0) is 28.3. The molecule has 40 heavy (non-hydrogen) atoms. The van der Waals surface area contributed by atoms with Crippen molar-refractivity contribution in [3.8, 4) is 0 Å². The molecule has 2 aromatic carbocycles. The van der Waals surface area contributed by atoms with Crippen molar-refractivity contribution in [3.05, 3.63) is 76.7 Å². The van der Waals surface area contributed by atoms with Crippen LogP contribution < -0.4 is 5.32 Å². The number of benzene rings is 2. The summed E-state index contributed by atoms with van der Waals surface area (Å²) in [6.45, 7) is 5.68. The van der Waals surface area contributed by atoms with Crippen LogP contribution in [0.4, 0.5) is 8.78 Å². The fraction of sp³-hybridized carbons (Fsp3) is 0.469. The first-order valence-corrected chi connectivity index (χ1v) is 14.1. The zero-order valence-corrected chi connectivity index (χ0v) is 23.0. The quantitative estimate of drug-likeness (QED) is 0.420. The number of aromatic nitrogens is 1. The summed E-state index contributed by atoms with van der Waals surface area (Å²) in [6.07, 6.45) is 4.58. The van der Waals surface area contributed by atoms with E-state index in [1.54, 1.807) is 24.4 Å². The van der Waals surface area contributed by atoms with E-state index in [2.05, 4.69) is 15.2 Å². The van der Waals surface area contributed by atoms with Crippen molar-refractivity contribution in [2.45, 2.75) is 76.1 Å². The number of carbonyl (C=O) groups is 2. The highest BCUT2D eigenvalue weighted by atomic mass is 19.1. The molecule has 0 spiro atoms. The molecule has 3 fully saturated rings. The van der Waals surface area contributed by atoms with Crippen LogP contribution in [0.25, 0.3) is 10.9 Å². The minimum Gasteiger partial charge on any atom is -0.384 e. The predicted octanol–water partition coefficient (Wildman–Crippen LogP) is 5.36. The standard InChI is InChI=1S/C32H35F2N3O3/c1-30(2)19-37(18-20-4-6-22(7-5-20)31(34)12-3-13-31)15-14-32(30,40)25-9-10-26-24(28(25)33)16-21(17-35-26)23-8-11-27(38)36-29(23)39/h4-7,9-10,16-17,23,40H,3,8,11-15,18-19H2,1-2H3,(H,36,38,39). The summed E-state index contributed by atoms with van der Waals surface area (Å²) in [5, 5.41) is 14.6. The molecule has 2 saturated heterocycles. The molecule has 1 aliphatic carbocycles. The molecule has 8 heteroatoms. The number of imide groups is 1. The van der Waals surface area contributed by atoms with Crippen LogP contribution >= 0.6 is 0 Å². The first-order chi connectivity index (χ1) is 19.0. The second-order valence-corrected chi connectivity index (χ2v) is 12.5. The lowest BCUT2D eigenvalue weighted by molar-refractivity contribution is -0.134. The minimum absolute atomic E-state index is 0.224. The lowest BCUT2D eigenvalue weighted by Crippen LogP contribution is -2.55. The molecule has 2 atom stereocenters. The average molecular weight is 548 g/mol. The third-order valence-electron chi connectivity index (χ3n) is 9.46. The van der Waals surface area contributed by atoms with E-state index in [4.69, 9.17) is 0 Å². The summed E-state index contributed by atoms with van der Waals surface area (Å²) >= 11 is 0.